The molecule has 1 fully saturated rings. The number of ether oxygens (including phenoxy) is 1. The molecule has 2 aromatic heterocycles. The van der Waals surface area contributed by atoms with Crippen LogP contribution in [0.15, 0.2) is 39.5 Å². The Morgan fingerprint density at radius 2 is 2.19 bits per heavy atom. The molecule has 9 nitrogen and oxygen atoms in total. The van der Waals surface area contributed by atoms with Crippen LogP contribution in [-0.2, 0) is 22.4 Å². The number of hydrogen-bond donors (Lipinski definition) is 2. The van der Waals surface area contributed by atoms with Crippen molar-refractivity contribution in [3.05, 3.63) is 41.7 Å². The van der Waals surface area contributed by atoms with Crippen molar-refractivity contribution in [1.29, 1.82) is 0 Å². The minimum atomic E-state index is -0.425. The normalized spacial score (nSPS) is 17.6. The number of hydrogen-bond acceptors (Lipinski definition) is 7. The third-order valence-corrected chi connectivity index (χ3v) is 5.62. The molecule has 0 radical (unpaired) electrons. The Balaban J connectivity index is 1.43. The highest BCUT2D eigenvalue weighted by Crippen LogP contribution is 2.40. The zero-order valence-electron chi connectivity index (χ0n) is 16.9. The van der Waals surface area contributed by atoms with Crippen LogP contribution in [0.3, 0.4) is 0 Å². The minimum absolute atomic E-state index is 0.160. The molecular formula is C22H21N3O6. The molecular weight excluding hydrogens is 402 g/mol. The lowest BCUT2D eigenvalue weighted by atomic mass is 10.0. The Labute approximate surface area is 177 Å². The van der Waals surface area contributed by atoms with Crippen molar-refractivity contribution in [3.63, 3.8) is 0 Å². The van der Waals surface area contributed by atoms with E-state index in [4.69, 9.17) is 13.7 Å². The molecule has 1 aromatic carbocycles. The number of nitrogens with one attached hydrogen (secondary N) is 1. The standard InChI is InChI=1S/C22H21N3O6/c1-12(26)23-9-16-10-25(22(28)30-16)15-5-6-17-13(7-15)3-2-4-18-20(24-31-21(17)18)14-8-19(27)29-11-14/h5-8,11,16,27H,2-4,9-10H2,1H3,(H,23,26). The molecule has 1 unspecified atom stereocenters. The molecule has 0 spiro atoms. The van der Waals surface area contributed by atoms with Crippen molar-refractivity contribution in [2.24, 2.45) is 0 Å². The van der Waals surface area contributed by atoms with E-state index in [2.05, 4.69) is 10.5 Å². The van der Waals surface area contributed by atoms with E-state index in [1.165, 1.54) is 19.3 Å². The van der Waals surface area contributed by atoms with Gasteiger partial charge in [0.05, 0.1) is 13.1 Å². The van der Waals surface area contributed by atoms with Crippen molar-refractivity contribution in [1.82, 2.24) is 10.5 Å². The van der Waals surface area contributed by atoms with Crippen molar-refractivity contribution in [2.45, 2.75) is 32.3 Å². The first-order chi connectivity index (χ1) is 15.0. The lowest BCUT2D eigenvalue weighted by molar-refractivity contribution is -0.119. The zero-order chi connectivity index (χ0) is 21.5. The van der Waals surface area contributed by atoms with Crippen LogP contribution < -0.4 is 10.2 Å². The Morgan fingerprint density at radius 3 is 2.97 bits per heavy atom. The van der Waals surface area contributed by atoms with Crippen LogP contribution in [-0.4, -0.2) is 41.5 Å². The molecule has 5 rings (SSSR count). The summed E-state index contributed by atoms with van der Waals surface area (Å²) < 4.78 is 16.1. The summed E-state index contributed by atoms with van der Waals surface area (Å²) in [6, 6.07) is 7.30. The summed E-state index contributed by atoms with van der Waals surface area (Å²) in [7, 11) is 0. The van der Waals surface area contributed by atoms with Gasteiger partial charge in [-0.2, -0.15) is 0 Å². The fraction of sp³-hybridized carbons (Fsp3) is 0.318. The van der Waals surface area contributed by atoms with Gasteiger partial charge in [-0.15, -0.1) is 0 Å². The van der Waals surface area contributed by atoms with Crippen LogP contribution in [0, 0.1) is 0 Å². The van der Waals surface area contributed by atoms with Gasteiger partial charge in [0, 0.05) is 35.4 Å². The summed E-state index contributed by atoms with van der Waals surface area (Å²) in [6.45, 7) is 2.09. The number of furan rings is 1. The van der Waals surface area contributed by atoms with E-state index in [-0.39, 0.29) is 24.5 Å². The second-order valence-corrected chi connectivity index (χ2v) is 7.76. The second-order valence-electron chi connectivity index (χ2n) is 7.76. The van der Waals surface area contributed by atoms with Gasteiger partial charge in [0.25, 0.3) is 5.95 Å². The number of aromatic nitrogens is 1. The smallest absolute Gasteiger partial charge is 0.414 e. The lowest BCUT2D eigenvalue weighted by Crippen LogP contribution is -2.33. The van der Waals surface area contributed by atoms with E-state index in [0.29, 0.717) is 23.6 Å². The van der Waals surface area contributed by atoms with E-state index in [0.717, 1.165) is 41.6 Å². The molecule has 160 valence electrons. The first-order valence-corrected chi connectivity index (χ1v) is 10.1. The number of aryl methyl sites for hydroxylation is 1. The Hall–Kier alpha value is -3.75. The average Bonchev–Trinajstić information content (AvgIpc) is 3.42. The van der Waals surface area contributed by atoms with E-state index >= 15 is 0 Å². The van der Waals surface area contributed by atoms with Crippen molar-refractivity contribution < 1.29 is 28.4 Å². The molecule has 0 saturated carbocycles. The molecule has 1 saturated heterocycles. The number of nitrogens with zero attached hydrogens (tertiary/aromatic N) is 2. The molecule has 2 N–H and O–H groups in total. The van der Waals surface area contributed by atoms with Crippen LogP contribution in [0.1, 0.15) is 24.5 Å². The van der Waals surface area contributed by atoms with Crippen LogP contribution >= 0.6 is 0 Å². The quantitative estimate of drug-likeness (QED) is 0.661. The second kappa shape index (κ2) is 7.50. The van der Waals surface area contributed by atoms with Gasteiger partial charge in [0.2, 0.25) is 5.91 Å². The highest BCUT2D eigenvalue weighted by molar-refractivity contribution is 5.90. The molecule has 3 heterocycles. The molecule has 0 bridgehead atoms. The largest absolute Gasteiger partial charge is 0.481 e. The van der Waals surface area contributed by atoms with E-state index < -0.39 is 6.09 Å². The summed E-state index contributed by atoms with van der Waals surface area (Å²) in [6.07, 6.45) is 3.13. The lowest BCUT2D eigenvalue weighted by Gasteiger charge is -2.15. The summed E-state index contributed by atoms with van der Waals surface area (Å²) in [5, 5.41) is 16.4. The number of amides is 2. The number of fused-ring (bicyclic) bond motifs is 3. The fourth-order valence-electron chi connectivity index (χ4n) is 4.16. The molecule has 1 atom stereocenters. The van der Waals surface area contributed by atoms with Crippen molar-refractivity contribution >= 4 is 17.7 Å². The maximum atomic E-state index is 12.4. The maximum absolute atomic E-state index is 12.4. The Kier molecular flexibility index (Phi) is 4.65. The molecule has 2 amide bonds. The Morgan fingerprint density at radius 1 is 1.32 bits per heavy atom. The van der Waals surface area contributed by atoms with E-state index in [9.17, 15) is 14.7 Å². The topological polar surface area (TPSA) is 118 Å². The highest BCUT2D eigenvalue weighted by Gasteiger charge is 2.33. The molecule has 3 aromatic rings. The summed E-state index contributed by atoms with van der Waals surface area (Å²) in [4.78, 5) is 25.1. The first-order valence-electron chi connectivity index (χ1n) is 10.1. The molecule has 2 aliphatic rings. The number of aromatic hydroxyl groups is 1. The van der Waals surface area contributed by atoms with E-state index in [1.54, 1.807) is 4.90 Å². The van der Waals surface area contributed by atoms with Gasteiger partial charge in [-0.1, -0.05) is 5.16 Å². The highest BCUT2D eigenvalue weighted by atomic mass is 16.6. The predicted octanol–water partition coefficient (Wildman–Crippen LogP) is 3.26. The third kappa shape index (κ3) is 3.52. The third-order valence-electron chi connectivity index (χ3n) is 5.62. The van der Waals surface area contributed by atoms with E-state index in [1.807, 2.05) is 18.2 Å². The van der Waals surface area contributed by atoms with Crippen LogP contribution in [0.4, 0.5) is 10.5 Å². The Bertz CT molecular complexity index is 1160. The summed E-state index contributed by atoms with van der Waals surface area (Å²) in [5.41, 5.74) is 5.06. The summed E-state index contributed by atoms with van der Waals surface area (Å²) >= 11 is 0. The molecule has 1 aliphatic carbocycles. The molecule has 1 aliphatic heterocycles. The van der Waals surface area contributed by atoms with Gasteiger partial charge in [-0.3, -0.25) is 9.69 Å². The molecule has 9 heteroatoms. The van der Waals surface area contributed by atoms with Crippen LogP contribution in [0.5, 0.6) is 5.95 Å². The van der Waals surface area contributed by atoms with Gasteiger partial charge in [-0.05, 0) is 43.0 Å². The zero-order valence-corrected chi connectivity index (χ0v) is 16.9. The van der Waals surface area contributed by atoms with Gasteiger partial charge in [0.1, 0.15) is 18.1 Å². The van der Waals surface area contributed by atoms with Gasteiger partial charge in [-0.25, -0.2) is 4.79 Å². The SMILES string of the molecule is CC(=O)NCC1CN(c2ccc3c(c2)CCCc2c(-c4coc(O)c4)noc2-3)C(=O)O1. The number of carbonyl (C=O) groups is 2. The number of benzene rings is 1. The maximum Gasteiger partial charge on any atom is 0.414 e. The predicted molar refractivity (Wildman–Crippen MR) is 110 cm³/mol. The summed E-state index contributed by atoms with van der Waals surface area (Å²) in [5.74, 6) is 0.370. The fourth-order valence-corrected chi connectivity index (χ4v) is 4.16. The number of carbonyl (C=O) groups excluding carboxylic acids is 2. The van der Waals surface area contributed by atoms with Gasteiger partial charge < -0.3 is 24.1 Å². The number of anilines is 1. The van der Waals surface area contributed by atoms with Gasteiger partial charge in [0.15, 0.2) is 5.76 Å². The monoisotopic (exact) mass is 423 g/mol. The van der Waals surface area contributed by atoms with Crippen molar-refractivity contribution in [3.8, 4) is 28.5 Å². The molecule has 31 heavy (non-hydrogen) atoms. The van der Waals surface area contributed by atoms with Crippen LogP contribution in [0.25, 0.3) is 22.6 Å². The van der Waals surface area contributed by atoms with Gasteiger partial charge >= 0.3 is 6.09 Å². The number of cyclic esters (lactones) is 1. The van der Waals surface area contributed by atoms with Crippen molar-refractivity contribution in [2.75, 3.05) is 18.0 Å². The average molecular weight is 423 g/mol. The first kappa shape index (κ1) is 19.2. The number of rotatable bonds is 4. The van der Waals surface area contributed by atoms with Crippen LogP contribution in [0.2, 0.25) is 0 Å². The minimum Gasteiger partial charge on any atom is -0.481 e.